The standard InChI is InChI=1S/C28H42O4Si2/c1-26(2,3)33(7,8)30-21-28(20-19-25(29)32-28)22-31-34(27(4,5)6,23-15-11-9-12-16-23)24-17-13-10-14-18-24/h9-18H,19-22H2,1-8H3. The second-order valence-electron chi connectivity index (χ2n) is 12.2. The summed E-state index contributed by atoms with van der Waals surface area (Å²) in [6.07, 6.45) is 1.03. The summed E-state index contributed by atoms with van der Waals surface area (Å²) in [5.74, 6) is -0.162. The molecule has 0 aromatic heterocycles. The van der Waals surface area contributed by atoms with E-state index >= 15 is 0 Å². The Labute approximate surface area is 208 Å². The van der Waals surface area contributed by atoms with Gasteiger partial charge in [0.25, 0.3) is 8.32 Å². The van der Waals surface area contributed by atoms with E-state index < -0.39 is 22.2 Å². The van der Waals surface area contributed by atoms with Gasteiger partial charge in [0.15, 0.2) is 13.9 Å². The van der Waals surface area contributed by atoms with Crippen molar-refractivity contribution in [2.75, 3.05) is 13.2 Å². The first-order chi connectivity index (χ1) is 15.7. The number of carbonyl (C=O) groups excluding carboxylic acids is 1. The molecule has 1 atom stereocenters. The highest BCUT2D eigenvalue weighted by Gasteiger charge is 2.53. The zero-order valence-corrected chi connectivity index (χ0v) is 24.2. The molecular weight excluding hydrogens is 456 g/mol. The van der Waals surface area contributed by atoms with Crippen molar-refractivity contribution in [3.05, 3.63) is 60.7 Å². The molecule has 2 aromatic carbocycles. The molecule has 0 aliphatic carbocycles. The van der Waals surface area contributed by atoms with Gasteiger partial charge in [-0.25, -0.2) is 0 Å². The lowest BCUT2D eigenvalue weighted by atomic mass is 10.0. The van der Waals surface area contributed by atoms with E-state index in [2.05, 4.69) is 103 Å². The molecule has 6 heteroatoms. The summed E-state index contributed by atoms with van der Waals surface area (Å²) in [6, 6.07) is 21.2. The molecule has 0 radical (unpaired) electrons. The molecule has 0 N–H and O–H groups in total. The second-order valence-corrected chi connectivity index (χ2v) is 21.3. The minimum absolute atomic E-state index is 0.0790. The largest absolute Gasteiger partial charge is 0.454 e. The van der Waals surface area contributed by atoms with Crippen molar-refractivity contribution in [2.45, 2.75) is 83.2 Å². The van der Waals surface area contributed by atoms with Gasteiger partial charge in [-0.3, -0.25) is 4.79 Å². The molecule has 186 valence electrons. The summed E-state index contributed by atoms with van der Waals surface area (Å²) in [4.78, 5) is 12.3. The van der Waals surface area contributed by atoms with Crippen LogP contribution in [0.15, 0.2) is 60.7 Å². The number of cyclic esters (lactones) is 1. The first-order valence-electron chi connectivity index (χ1n) is 12.3. The van der Waals surface area contributed by atoms with E-state index in [9.17, 15) is 4.79 Å². The van der Waals surface area contributed by atoms with Crippen molar-refractivity contribution < 1.29 is 18.4 Å². The minimum Gasteiger partial charge on any atom is -0.454 e. The van der Waals surface area contributed by atoms with Crippen molar-refractivity contribution in [1.29, 1.82) is 0 Å². The van der Waals surface area contributed by atoms with Gasteiger partial charge in [-0.05, 0) is 33.5 Å². The summed E-state index contributed by atoms with van der Waals surface area (Å²) < 4.78 is 19.7. The Bertz CT molecular complexity index is 922. The fourth-order valence-electron chi connectivity index (χ4n) is 4.45. The molecule has 1 heterocycles. The molecule has 0 saturated carbocycles. The predicted octanol–water partition coefficient (Wildman–Crippen LogP) is 5.66. The first-order valence-corrected chi connectivity index (χ1v) is 17.2. The van der Waals surface area contributed by atoms with E-state index in [1.807, 2.05) is 12.1 Å². The number of ether oxygens (including phenoxy) is 1. The molecule has 2 aromatic rings. The molecule has 1 unspecified atom stereocenters. The van der Waals surface area contributed by atoms with Crippen LogP contribution in [0.1, 0.15) is 54.4 Å². The average molecular weight is 499 g/mol. The summed E-state index contributed by atoms with van der Waals surface area (Å²) in [7, 11) is -4.75. The Morgan fingerprint density at radius 3 is 1.65 bits per heavy atom. The van der Waals surface area contributed by atoms with E-state index in [1.165, 1.54) is 10.4 Å². The third-order valence-electron chi connectivity index (χ3n) is 7.59. The van der Waals surface area contributed by atoms with Gasteiger partial charge in [0, 0.05) is 12.8 Å². The highest BCUT2D eigenvalue weighted by Crippen LogP contribution is 2.41. The van der Waals surface area contributed by atoms with Crippen molar-refractivity contribution in [1.82, 2.24) is 0 Å². The lowest BCUT2D eigenvalue weighted by Gasteiger charge is -2.45. The molecule has 1 fully saturated rings. The van der Waals surface area contributed by atoms with E-state index in [-0.39, 0.29) is 16.0 Å². The van der Waals surface area contributed by atoms with Gasteiger partial charge < -0.3 is 13.6 Å². The minimum atomic E-state index is -2.73. The number of esters is 1. The highest BCUT2D eigenvalue weighted by atomic mass is 28.4. The van der Waals surface area contributed by atoms with E-state index in [1.54, 1.807) is 0 Å². The number of carbonyl (C=O) groups is 1. The average Bonchev–Trinajstić information content (AvgIpc) is 3.14. The van der Waals surface area contributed by atoms with E-state index in [0.29, 0.717) is 26.1 Å². The number of hydrogen-bond acceptors (Lipinski definition) is 4. The Hall–Kier alpha value is -1.74. The van der Waals surface area contributed by atoms with Gasteiger partial charge >= 0.3 is 5.97 Å². The van der Waals surface area contributed by atoms with Gasteiger partial charge in [0.1, 0.15) is 0 Å². The van der Waals surface area contributed by atoms with E-state index in [4.69, 9.17) is 13.6 Å². The fraction of sp³-hybridized carbons (Fsp3) is 0.536. The molecular formula is C28H42O4Si2. The normalized spacial score (nSPS) is 19.8. The Morgan fingerprint density at radius 1 is 0.794 bits per heavy atom. The van der Waals surface area contributed by atoms with Crippen LogP contribution in [-0.2, 0) is 18.4 Å². The summed E-state index contributed by atoms with van der Waals surface area (Å²) in [6.45, 7) is 18.7. The lowest BCUT2D eigenvalue weighted by molar-refractivity contribution is -0.154. The van der Waals surface area contributed by atoms with Crippen LogP contribution in [0.5, 0.6) is 0 Å². The van der Waals surface area contributed by atoms with Crippen LogP contribution in [0.25, 0.3) is 0 Å². The Kier molecular flexibility index (Phi) is 7.68. The van der Waals surface area contributed by atoms with Gasteiger partial charge in [-0.1, -0.05) is 102 Å². The monoisotopic (exact) mass is 498 g/mol. The molecule has 0 spiro atoms. The second kappa shape index (κ2) is 9.72. The van der Waals surface area contributed by atoms with Gasteiger partial charge in [-0.15, -0.1) is 0 Å². The first kappa shape index (κ1) is 26.9. The molecule has 0 amide bonds. The van der Waals surface area contributed by atoms with Gasteiger partial charge in [-0.2, -0.15) is 0 Å². The highest BCUT2D eigenvalue weighted by molar-refractivity contribution is 6.99. The SMILES string of the molecule is CC(C)(C)[Si](C)(C)OCC1(CO[Si](c2ccccc2)(c2ccccc2)C(C)(C)C)CCC(=O)O1. The Morgan fingerprint density at radius 2 is 1.26 bits per heavy atom. The zero-order chi connectivity index (χ0) is 25.3. The maximum absolute atomic E-state index is 12.3. The third kappa shape index (κ3) is 5.40. The van der Waals surface area contributed by atoms with E-state index in [0.717, 1.165) is 0 Å². The molecule has 3 rings (SSSR count). The quantitative estimate of drug-likeness (QED) is 0.348. The topological polar surface area (TPSA) is 44.8 Å². The third-order valence-corrected chi connectivity index (χ3v) is 17.0. The van der Waals surface area contributed by atoms with Crippen LogP contribution in [0.3, 0.4) is 0 Å². The van der Waals surface area contributed by atoms with Crippen molar-refractivity contribution in [3.8, 4) is 0 Å². The summed E-state index contributed by atoms with van der Waals surface area (Å²) in [5, 5.41) is 2.38. The van der Waals surface area contributed by atoms with Crippen LogP contribution >= 0.6 is 0 Å². The number of hydrogen-bond donors (Lipinski definition) is 0. The fourth-order valence-corrected chi connectivity index (χ4v) is 10.1. The molecule has 4 nitrogen and oxygen atoms in total. The Balaban J connectivity index is 2.01. The van der Waals surface area contributed by atoms with Crippen molar-refractivity contribution >= 4 is 33.0 Å². The molecule has 1 saturated heterocycles. The number of benzene rings is 2. The molecule has 1 aliphatic rings. The van der Waals surface area contributed by atoms with Crippen LogP contribution in [0.2, 0.25) is 23.2 Å². The van der Waals surface area contributed by atoms with Crippen LogP contribution in [-0.4, -0.2) is 41.4 Å². The molecule has 1 aliphatic heterocycles. The van der Waals surface area contributed by atoms with Gasteiger partial charge in [0.05, 0.1) is 13.2 Å². The summed E-state index contributed by atoms with van der Waals surface area (Å²) >= 11 is 0. The predicted molar refractivity (Wildman–Crippen MR) is 145 cm³/mol. The maximum Gasteiger partial charge on any atom is 0.306 e. The van der Waals surface area contributed by atoms with Crippen molar-refractivity contribution in [2.24, 2.45) is 0 Å². The maximum atomic E-state index is 12.3. The van der Waals surface area contributed by atoms with Crippen LogP contribution in [0, 0.1) is 0 Å². The van der Waals surface area contributed by atoms with Gasteiger partial charge in [0.2, 0.25) is 0 Å². The molecule has 0 bridgehead atoms. The zero-order valence-electron chi connectivity index (χ0n) is 22.2. The lowest BCUT2D eigenvalue weighted by Crippen LogP contribution is -2.68. The number of rotatable bonds is 8. The summed E-state index contributed by atoms with van der Waals surface area (Å²) in [5.41, 5.74) is -0.750. The molecule has 34 heavy (non-hydrogen) atoms. The van der Waals surface area contributed by atoms with Crippen LogP contribution < -0.4 is 10.4 Å². The van der Waals surface area contributed by atoms with Crippen LogP contribution in [0.4, 0.5) is 0 Å². The van der Waals surface area contributed by atoms with Crippen molar-refractivity contribution in [3.63, 3.8) is 0 Å². The smallest absolute Gasteiger partial charge is 0.306 e.